The first-order valence-electron chi connectivity index (χ1n) is 10.2. The third kappa shape index (κ3) is 5.51. The van der Waals surface area contributed by atoms with Gasteiger partial charge >= 0.3 is 0 Å². The first-order valence-corrected chi connectivity index (χ1v) is 10.2. The van der Waals surface area contributed by atoms with Crippen molar-refractivity contribution in [1.82, 2.24) is 4.90 Å². The van der Waals surface area contributed by atoms with Crippen LogP contribution in [0.4, 0.5) is 11.4 Å². The number of nitrogens with one attached hydrogen (secondary N) is 2. The Labute approximate surface area is 177 Å². The van der Waals surface area contributed by atoms with E-state index in [0.717, 1.165) is 31.5 Å². The molecule has 0 aromatic heterocycles. The van der Waals surface area contributed by atoms with Gasteiger partial charge in [-0.1, -0.05) is 24.1 Å². The summed E-state index contributed by atoms with van der Waals surface area (Å²) < 4.78 is 10.9. The molecule has 1 aliphatic rings. The van der Waals surface area contributed by atoms with Crippen molar-refractivity contribution in [3.8, 4) is 11.5 Å². The summed E-state index contributed by atoms with van der Waals surface area (Å²) in [5.74, 6) is 0.530. The monoisotopic (exact) mass is 411 g/mol. The molecular formula is C23H29N3O4. The van der Waals surface area contributed by atoms with Crippen LogP contribution in [0.3, 0.4) is 0 Å². The van der Waals surface area contributed by atoms with Crippen LogP contribution >= 0.6 is 0 Å². The fourth-order valence-corrected chi connectivity index (χ4v) is 3.58. The number of likely N-dealkylation sites (tertiary alicyclic amines) is 1. The molecule has 1 saturated heterocycles. The molecule has 0 atom stereocenters. The highest BCUT2D eigenvalue weighted by Crippen LogP contribution is 2.36. The van der Waals surface area contributed by atoms with Crippen molar-refractivity contribution < 1.29 is 19.1 Å². The number of hydrogen-bond donors (Lipinski definition) is 2. The second kappa shape index (κ2) is 10.1. The highest BCUT2D eigenvalue weighted by atomic mass is 16.5. The Morgan fingerprint density at radius 3 is 2.17 bits per heavy atom. The summed E-state index contributed by atoms with van der Waals surface area (Å²) >= 11 is 0. The fraction of sp³-hybridized carbons (Fsp3) is 0.391. The minimum Gasteiger partial charge on any atom is -0.494 e. The van der Waals surface area contributed by atoms with Gasteiger partial charge in [-0.15, -0.1) is 0 Å². The fourth-order valence-electron chi connectivity index (χ4n) is 3.58. The lowest BCUT2D eigenvalue weighted by Gasteiger charge is -2.25. The van der Waals surface area contributed by atoms with Crippen molar-refractivity contribution in [2.75, 3.05) is 44.5 Å². The Kier molecular flexibility index (Phi) is 7.30. The molecule has 30 heavy (non-hydrogen) atoms. The van der Waals surface area contributed by atoms with E-state index >= 15 is 0 Å². The number of piperidine rings is 1. The molecule has 7 nitrogen and oxygen atoms in total. The van der Waals surface area contributed by atoms with E-state index in [2.05, 4.69) is 15.5 Å². The predicted octanol–water partition coefficient (Wildman–Crippen LogP) is 3.69. The standard InChI is InChI=1S/C23H29N3O4/c1-16-8-7-9-17(12-16)23(28)25-19-14-20(29-2)18(13-21(19)30-3)24-22(27)15-26-10-5-4-6-11-26/h7-9,12-14H,4-6,10-11,15H2,1-3H3,(H,24,27)(H,25,28). The van der Waals surface area contributed by atoms with Gasteiger partial charge in [-0.05, 0) is 45.0 Å². The molecule has 0 radical (unpaired) electrons. The van der Waals surface area contributed by atoms with Crippen LogP contribution in [0, 0.1) is 6.92 Å². The van der Waals surface area contributed by atoms with Crippen molar-refractivity contribution in [2.24, 2.45) is 0 Å². The Balaban J connectivity index is 1.76. The molecule has 2 aromatic rings. The summed E-state index contributed by atoms with van der Waals surface area (Å²) in [6.45, 7) is 4.16. The van der Waals surface area contributed by atoms with Gasteiger partial charge in [0.05, 0.1) is 32.1 Å². The van der Waals surface area contributed by atoms with Crippen LogP contribution in [0.1, 0.15) is 35.2 Å². The number of amides is 2. The minimum atomic E-state index is -0.249. The topological polar surface area (TPSA) is 79.9 Å². The molecule has 0 aliphatic carbocycles. The number of nitrogens with zero attached hydrogens (tertiary/aromatic N) is 1. The van der Waals surface area contributed by atoms with Crippen LogP contribution < -0.4 is 20.1 Å². The van der Waals surface area contributed by atoms with Gasteiger partial charge in [-0.2, -0.15) is 0 Å². The van der Waals surface area contributed by atoms with Crippen molar-refractivity contribution >= 4 is 23.2 Å². The van der Waals surface area contributed by atoms with Gasteiger partial charge in [-0.3, -0.25) is 14.5 Å². The Hall–Kier alpha value is -3.06. The molecule has 1 fully saturated rings. The Morgan fingerprint density at radius 2 is 1.57 bits per heavy atom. The zero-order valence-electron chi connectivity index (χ0n) is 17.8. The maximum atomic E-state index is 12.6. The van der Waals surface area contributed by atoms with E-state index in [1.54, 1.807) is 18.2 Å². The highest BCUT2D eigenvalue weighted by Gasteiger charge is 2.18. The lowest BCUT2D eigenvalue weighted by Crippen LogP contribution is -2.36. The van der Waals surface area contributed by atoms with E-state index in [9.17, 15) is 9.59 Å². The predicted molar refractivity (Wildman–Crippen MR) is 118 cm³/mol. The van der Waals surface area contributed by atoms with E-state index in [-0.39, 0.29) is 11.8 Å². The summed E-state index contributed by atoms with van der Waals surface area (Å²) in [6, 6.07) is 10.7. The lowest BCUT2D eigenvalue weighted by molar-refractivity contribution is -0.117. The molecule has 2 amide bonds. The molecule has 1 heterocycles. The summed E-state index contributed by atoms with van der Waals surface area (Å²) in [4.78, 5) is 27.3. The normalized spacial score (nSPS) is 14.1. The smallest absolute Gasteiger partial charge is 0.255 e. The molecule has 0 bridgehead atoms. The van der Waals surface area contributed by atoms with Crippen LogP contribution in [-0.2, 0) is 4.79 Å². The Morgan fingerprint density at radius 1 is 0.933 bits per heavy atom. The molecule has 7 heteroatoms. The molecular weight excluding hydrogens is 382 g/mol. The zero-order valence-corrected chi connectivity index (χ0v) is 17.8. The molecule has 160 valence electrons. The second-order valence-electron chi connectivity index (χ2n) is 7.46. The largest absolute Gasteiger partial charge is 0.494 e. The van der Waals surface area contributed by atoms with Crippen molar-refractivity contribution in [3.05, 3.63) is 47.5 Å². The average molecular weight is 412 g/mol. The number of ether oxygens (including phenoxy) is 2. The quantitative estimate of drug-likeness (QED) is 0.726. The van der Waals surface area contributed by atoms with E-state index in [1.165, 1.54) is 20.6 Å². The first-order chi connectivity index (χ1) is 14.5. The van der Waals surface area contributed by atoms with Crippen molar-refractivity contribution in [2.45, 2.75) is 26.2 Å². The number of hydrogen-bond acceptors (Lipinski definition) is 5. The molecule has 0 saturated carbocycles. The molecule has 3 rings (SSSR count). The number of carbonyl (C=O) groups is 2. The van der Waals surface area contributed by atoms with Gasteiger partial charge in [0.2, 0.25) is 5.91 Å². The van der Waals surface area contributed by atoms with Gasteiger partial charge in [-0.25, -0.2) is 0 Å². The number of rotatable bonds is 7. The average Bonchev–Trinajstić information content (AvgIpc) is 2.75. The van der Waals surface area contributed by atoms with Crippen LogP contribution in [-0.4, -0.2) is 50.6 Å². The van der Waals surface area contributed by atoms with Gasteiger partial charge in [0.1, 0.15) is 11.5 Å². The maximum absolute atomic E-state index is 12.6. The third-order valence-electron chi connectivity index (χ3n) is 5.14. The number of aryl methyl sites for hydroxylation is 1. The SMILES string of the molecule is COc1cc(NC(=O)c2cccc(C)c2)c(OC)cc1NC(=O)CN1CCCCC1. The van der Waals surface area contributed by atoms with E-state index < -0.39 is 0 Å². The lowest BCUT2D eigenvalue weighted by atomic mass is 10.1. The van der Waals surface area contributed by atoms with Crippen LogP contribution in [0.15, 0.2) is 36.4 Å². The van der Waals surface area contributed by atoms with E-state index in [1.807, 2.05) is 25.1 Å². The number of anilines is 2. The molecule has 2 aromatic carbocycles. The summed E-state index contributed by atoms with van der Waals surface area (Å²) in [5.41, 5.74) is 2.52. The maximum Gasteiger partial charge on any atom is 0.255 e. The minimum absolute atomic E-state index is 0.103. The van der Waals surface area contributed by atoms with Crippen molar-refractivity contribution in [1.29, 1.82) is 0 Å². The first kappa shape index (κ1) is 21.6. The van der Waals surface area contributed by atoms with Gasteiger partial charge in [0.15, 0.2) is 0 Å². The molecule has 0 spiro atoms. The molecule has 0 unspecified atom stereocenters. The Bertz CT molecular complexity index is 907. The van der Waals surface area contributed by atoms with E-state index in [4.69, 9.17) is 9.47 Å². The number of benzene rings is 2. The molecule has 1 aliphatic heterocycles. The van der Waals surface area contributed by atoms with Crippen LogP contribution in [0.5, 0.6) is 11.5 Å². The van der Waals surface area contributed by atoms with Crippen LogP contribution in [0.25, 0.3) is 0 Å². The van der Waals surface area contributed by atoms with E-state index in [0.29, 0.717) is 35.0 Å². The van der Waals surface area contributed by atoms with Gasteiger partial charge in [0.25, 0.3) is 5.91 Å². The van der Waals surface area contributed by atoms with Crippen molar-refractivity contribution in [3.63, 3.8) is 0 Å². The number of carbonyl (C=O) groups excluding carboxylic acids is 2. The third-order valence-corrected chi connectivity index (χ3v) is 5.14. The second-order valence-corrected chi connectivity index (χ2v) is 7.46. The molecule has 2 N–H and O–H groups in total. The van der Waals surface area contributed by atoms with Gasteiger partial charge in [0, 0.05) is 17.7 Å². The highest BCUT2D eigenvalue weighted by molar-refractivity contribution is 6.05. The van der Waals surface area contributed by atoms with Gasteiger partial charge < -0.3 is 20.1 Å². The number of methoxy groups -OCH3 is 2. The summed E-state index contributed by atoms with van der Waals surface area (Å²) in [5, 5.41) is 5.77. The zero-order chi connectivity index (χ0) is 21.5. The van der Waals surface area contributed by atoms with Crippen LogP contribution in [0.2, 0.25) is 0 Å². The summed E-state index contributed by atoms with van der Waals surface area (Å²) in [6.07, 6.45) is 3.47. The summed E-state index contributed by atoms with van der Waals surface area (Å²) in [7, 11) is 3.04.